The lowest BCUT2D eigenvalue weighted by atomic mass is 10.2. The molecule has 1 saturated heterocycles. The van der Waals surface area contributed by atoms with Crippen molar-refractivity contribution in [2.45, 2.75) is 32.0 Å². The molecule has 2 nitrogen and oxygen atoms in total. The Kier molecular flexibility index (Phi) is 1.86. The normalized spacial score (nSPS) is 33.0. The second-order valence-electron chi connectivity index (χ2n) is 2.29. The molecule has 1 unspecified atom stereocenters. The molecule has 8 heavy (non-hydrogen) atoms. The Morgan fingerprint density at radius 2 is 2.50 bits per heavy atom. The largest absolute Gasteiger partial charge is 0.391 e. The van der Waals surface area contributed by atoms with Crippen LogP contribution in [0.3, 0.4) is 0 Å². The summed E-state index contributed by atoms with van der Waals surface area (Å²) in [4.78, 5) is 0. The predicted octanol–water partition coefficient (Wildman–Crippen LogP) is 0.546. The molecule has 1 fully saturated rings. The summed E-state index contributed by atoms with van der Waals surface area (Å²) in [5.74, 6) is 0. The van der Waals surface area contributed by atoms with Crippen molar-refractivity contribution in [3.05, 3.63) is 0 Å². The molecule has 0 radical (unpaired) electrons. The van der Waals surface area contributed by atoms with Gasteiger partial charge in [-0.2, -0.15) is 0 Å². The van der Waals surface area contributed by atoms with Gasteiger partial charge in [0.05, 0.1) is 12.2 Å². The minimum absolute atomic E-state index is 0.120. The van der Waals surface area contributed by atoms with Crippen LogP contribution in [0.15, 0.2) is 0 Å². The zero-order valence-corrected chi connectivity index (χ0v) is 5.13. The van der Waals surface area contributed by atoms with Gasteiger partial charge in [-0.1, -0.05) is 0 Å². The zero-order valence-electron chi connectivity index (χ0n) is 5.13. The van der Waals surface area contributed by atoms with Gasteiger partial charge in [-0.3, -0.25) is 0 Å². The summed E-state index contributed by atoms with van der Waals surface area (Å²) >= 11 is 0. The van der Waals surface area contributed by atoms with Crippen LogP contribution in [-0.4, -0.2) is 23.9 Å². The molecule has 1 heterocycles. The number of hydrogen-bond donors (Lipinski definition) is 1. The molecule has 0 aromatic heterocycles. The van der Waals surface area contributed by atoms with Crippen LogP contribution in [0.25, 0.3) is 0 Å². The van der Waals surface area contributed by atoms with Gasteiger partial charge in [-0.05, 0) is 19.8 Å². The van der Waals surface area contributed by atoms with Gasteiger partial charge < -0.3 is 9.84 Å². The third kappa shape index (κ3) is 1.20. The van der Waals surface area contributed by atoms with Gasteiger partial charge in [-0.25, -0.2) is 0 Å². The van der Waals surface area contributed by atoms with Crippen molar-refractivity contribution in [3.63, 3.8) is 0 Å². The molecule has 2 atom stereocenters. The van der Waals surface area contributed by atoms with Crippen LogP contribution >= 0.6 is 0 Å². The molecule has 0 aromatic rings. The fourth-order valence-electron chi connectivity index (χ4n) is 0.983. The van der Waals surface area contributed by atoms with Gasteiger partial charge in [-0.15, -0.1) is 0 Å². The van der Waals surface area contributed by atoms with Gasteiger partial charge in [0.2, 0.25) is 0 Å². The van der Waals surface area contributed by atoms with Crippen molar-refractivity contribution >= 4 is 0 Å². The van der Waals surface area contributed by atoms with Crippen molar-refractivity contribution in [2.75, 3.05) is 6.61 Å². The highest BCUT2D eigenvalue weighted by atomic mass is 16.5. The summed E-state index contributed by atoms with van der Waals surface area (Å²) in [7, 11) is 0. The SMILES string of the molecule is C[C@H](O)C1CCCO1. The lowest BCUT2D eigenvalue weighted by Crippen LogP contribution is -2.20. The number of aliphatic hydroxyl groups is 1. The van der Waals surface area contributed by atoms with Crippen LogP contribution < -0.4 is 0 Å². The Bertz CT molecular complexity index is 64.9. The van der Waals surface area contributed by atoms with Gasteiger partial charge in [0.25, 0.3) is 0 Å². The zero-order chi connectivity index (χ0) is 5.98. The third-order valence-electron chi connectivity index (χ3n) is 1.50. The number of aliphatic hydroxyl groups excluding tert-OH is 1. The summed E-state index contributed by atoms with van der Waals surface area (Å²) in [5.41, 5.74) is 0. The highest BCUT2D eigenvalue weighted by Gasteiger charge is 2.19. The first-order chi connectivity index (χ1) is 3.80. The first kappa shape index (κ1) is 6.05. The van der Waals surface area contributed by atoms with Crippen LogP contribution in [0.4, 0.5) is 0 Å². The van der Waals surface area contributed by atoms with Gasteiger partial charge >= 0.3 is 0 Å². The van der Waals surface area contributed by atoms with Crippen molar-refractivity contribution < 1.29 is 9.84 Å². The maximum Gasteiger partial charge on any atom is 0.0832 e. The van der Waals surface area contributed by atoms with E-state index in [0.29, 0.717) is 0 Å². The average molecular weight is 116 g/mol. The van der Waals surface area contributed by atoms with Gasteiger partial charge in [0.15, 0.2) is 0 Å². The fraction of sp³-hybridized carbons (Fsp3) is 1.00. The highest BCUT2D eigenvalue weighted by molar-refractivity contribution is 4.68. The van der Waals surface area contributed by atoms with Crippen LogP contribution in [0, 0.1) is 0 Å². The van der Waals surface area contributed by atoms with E-state index in [1.54, 1.807) is 6.92 Å². The van der Waals surface area contributed by atoms with E-state index >= 15 is 0 Å². The van der Waals surface area contributed by atoms with Gasteiger partial charge in [0, 0.05) is 6.61 Å². The summed E-state index contributed by atoms with van der Waals surface area (Å²) in [5, 5.41) is 8.93. The van der Waals surface area contributed by atoms with Crippen LogP contribution in [0.1, 0.15) is 19.8 Å². The molecule has 0 aliphatic carbocycles. The second-order valence-corrected chi connectivity index (χ2v) is 2.29. The molecule has 2 heteroatoms. The van der Waals surface area contributed by atoms with E-state index < -0.39 is 0 Å². The summed E-state index contributed by atoms with van der Waals surface area (Å²) in [6.45, 7) is 2.60. The Hall–Kier alpha value is -0.0800. The molecule has 0 bridgehead atoms. The molecule has 1 N–H and O–H groups in total. The number of ether oxygens (including phenoxy) is 1. The molecular weight excluding hydrogens is 104 g/mol. The monoisotopic (exact) mass is 116 g/mol. The minimum atomic E-state index is -0.280. The van der Waals surface area contributed by atoms with Crippen LogP contribution in [0.2, 0.25) is 0 Å². The van der Waals surface area contributed by atoms with E-state index in [1.807, 2.05) is 0 Å². The molecule has 1 aliphatic heterocycles. The second kappa shape index (κ2) is 2.46. The fourth-order valence-corrected chi connectivity index (χ4v) is 0.983. The van der Waals surface area contributed by atoms with Crippen LogP contribution in [0.5, 0.6) is 0 Å². The van der Waals surface area contributed by atoms with E-state index in [4.69, 9.17) is 9.84 Å². The molecule has 0 amide bonds. The minimum Gasteiger partial charge on any atom is -0.391 e. The first-order valence-electron chi connectivity index (χ1n) is 3.10. The smallest absolute Gasteiger partial charge is 0.0832 e. The van der Waals surface area contributed by atoms with E-state index in [-0.39, 0.29) is 12.2 Å². The van der Waals surface area contributed by atoms with E-state index in [9.17, 15) is 0 Å². The van der Waals surface area contributed by atoms with Crippen molar-refractivity contribution in [2.24, 2.45) is 0 Å². The molecule has 0 spiro atoms. The topological polar surface area (TPSA) is 29.5 Å². The van der Waals surface area contributed by atoms with Crippen molar-refractivity contribution in [3.8, 4) is 0 Å². The quantitative estimate of drug-likeness (QED) is 0.542. The third-order valence-corrected chi connectivity index (χ3v) is 1.50. The van der Waals surface area contributed by atoms with E-state index in [1.165, 1.54) is 0 Å². The molecule has 1 aliphatic rings. The first-order valence-corrected chi connectivity index (χ1v) is 3.10. The molecule has 0 aromatic carbocycles. The summed E-state index contributed by atoms with van der Waals surface area (Å²) < 4.78 is 5.16. The van der Waals surface area contributed by atoms with Crippen molar-refractivity contribution in [1.82, 2.24) is 0 Å². The molecule has 1 rings (SSSR count). The lowest BCUT2D eigenvalue weighted by molar-refractivity contribution is 0.00856. The van der Waals surface area contributed by atoms with Gasteiger partial charge in [0.1, 0.15) is 0 Å². The predicted molar refractivity (Wildman–Crippen MR) is 30.7 cm³/mol. The molecule has 48 valence electrons. The van der Waals surface area contributed by atoms with E-state index in [2.05, 4.69) is 0 Å². The van der Waals surface area contributed by atoms with Crippen LogP contribution in [-0.2, 0) is 4.74 Å². The highest BCUT2D eigenvalue weighted by Crippen LogP contribution is 2.14. The Morgan fingerprint density at radius 1 is 1.75 bits per heavy atom. The maximum atomic E-state index is 8.93. The summed E-state index contributed by atoms with van der Waals surface area (Å²) in [6, 6.07) is 0. The summed E-state index contributed by atoms with van der Waals surface area (Å²) in [6.07, 6.45) is 1.97. The maximum absolute atomic E-state index is 8.93. The Labute approximate surface area is 49.5 Å². The molecule has 0 saturated carbocycles. The number of rotatable bonds is 1. The number of hydrogen-bond acceptors (Lipinski definition) is 2. The lowest BCUT2D eigenvalue weighted by Gasteiger charge is -2.10. The van der Waals surface area contributed by atoms with E-state index in [0.717, 1.165) is 19.4 Å². The molecular formula is C6H12O2. The Morgan fingerprint density at radius 3 is 2.75 bits per heavy atom. The Balaban J connectivity index is 2.24. The average Bonchev–Trinajstić information content (AvgIpc) is 2.12. The van der Waals surface area contributed by atoms with Crippen molar-refractivity contribution in [1.29, 1.82) is 0 Å². The standard InChI is InChI=1S/C6H12O2/c1-5(7)6-3-2-4-8-6/h5-7H,2-4H2,1H3/t5-,6?/m0/s1.